The summed E-state index contributed by atoms with van der Waals surface area (Å²) in [5, 5.41) is 11.7. The first-order chi connectivity index (χ1) is 12.5. The van der Waals surface area contributed by atoms with E-state index in [1.807, 2.05) is 0 Å². The second-order valence-electron chi connectivity index (χ2n) is 5.40. The number of nitrogens with one attached hydrogen (secondary N) is 2. The van der Waals surface area contributed by atoms with Gasteiger partial charge in [0.2, 0.25) is 5.95 Å². The Morgan fingerprint density at radius 1 is 1.12 bits per heavy atom. The van der Waals surface area contributed by atoms with Crippen molar-refractivity contribution in [2.75, 3.05) is 5.32 Å². The standard InChI is InChI=1S/C17H14Cl2FN5S/c18-14-2-1-3-15(19)13(14)9-25-10-22-16(24-25)23-17(26)21-8-11-4-6-12(20)7-5-11/h1-7,10H,8-9H2,(H2,21,23,24,26). The zero-order valence-corrected chi connectivity index (χ0v) is 15.7. The number of nitrogens with zero attached hydrogens (tertiary/aromatic N) is 3. The molecule has 0 aliphatic heterocycles. The topological polar surface area (TPSA) is 54.8 Å². The van der Waals surface area contributed by atoms with Gasteiger partial charge in [0.05, 0.1) is 6.54 Å². The van der Waals surface area contributed by atoms with Gasteiger partial charge in [-0.25, -0.2) is 14.1 Å². The SMILES string of the molecule is Fc1ccc(CNC(=S)Nc2ncn(Cc3c(Cl)cccc3Cl)n2)cc1. The monoisotopic (exact) mass is 409 g/mol. The maximum absolute atomic E-state index is 12.9. The van der Waals surface area contributed by atoms with Crippen LogP contribution in [-0.4, -0.2) is 19.9 Å². The van der Waals surface area contributed by atoms with Crippen molar-refractivity contribution < 1.29 is 4.39 Å². The molecule has 2 aromatic carbocycles. The van der Waals surface area contributed by atoms with Crippen LogP contribution in [0.3, 0.4) is 0 Å². The largest absolute Gasteiger partial charge is 0.358 e. The van der Waals surface area contributed by atoms with E-state index in [-0.39, 0.29) is 5.82 Å². The molecule has 134 valence electrons. The highest BCUT2D eigenvalue weighted by Crippen LogP contribution is 2.24. The molecule has 0 fully saturated rings. The fourth-order valence-corrected chi connectivity index (χ4v) is 2.88. The second kappa shape index (κ2) is 8.44. The Morgan fingerprint density at radius 2 is 1.81 bits per heavy atom. The van der Waals surface area contributed by atoms with Crippen LogP contribution in [0, 0.1) is 5.82 Å². The predicted molar refractivity (Wildman–Crippen MR) is 105 cm³/mol. The Morgan fingerprint density at radius 3 is 2.50 bits per heavy atom. The minimum absolute atomic E-state index is 0.275. The van der Waals surface area contributed by atoms with Crippen molar-refractivity contribution in [3.63, 3.8) is 0 Å². The maximum Gasteiger partial charge on any atom is 0.248 e. The molecular weight excluding hydrogens is 396 g/mol. The summed E-state index contributed by atoms with van der Waals surface area (Å²) < 4.78 is 14.5. The summed E-state index contributed by atoms with van der Waals surface area (Å²) in [6.07, 6.45) is 1.56. The van der Waals surface area contributed by atoms with Gasteiger partial charge >= 0.3 is 0 Å². The fourth-order valence-electron chi connectivity index (χ4n) is 2.20. The number of thiocarbonyl (C=S) groups is 1. The van der Waals surface area contributed by atoms with Crippen LogP contribution >= 0.6 is 35.4 Å². The number of hydrogen-bond donors (Lipinski definition) is 2. The first kappa shape index (κ1) is 18.6. The summed E-state index contributed by atoms with van der Waals surface area (Å²) in [5.41, 5.74) is 1.67. The van der Waals surface area contributed by atoms with Gasteiger partial charge in [0.1, 0.15) is 12.1 Å². The number of rotatable bonds is 5. The second-order valence-corrected chi connectivity index (χ2v) is 6.62. The van der Waals surface area contributed by atoms with Crippen molar-refractivity contribution >= 4 is 46.5 Å². The molecule has 0 unspecified atom stereocenters. The number of benzene rings is 2. The van der Waals surface area contributed by atoms with Gasteiger partial charge < -0.3 is 5.32 Å². The summed E-state index contributed by atoms with van der Waals surface area (Å²) in [6, 6.07) is 11.5. The third kappa shape index (κ3) is 4.91. The van der Waals surface area contributed by atoms with Crippen molar-refractivity contribution in [2.24, 2.45) is 0 Å². The quantitative estimate of drug-likeness (QED) is 0.616. The van der Waals surface area contributed by atoms with Gasteiger partial charge in [-0.2, -0.15) is 0 Å². The average molecular weight is 410 g/mol. The molecule has 2 N–H and O–H groups in total. The molecule has 0 bridgehead atoms. The molecule has 9 heteroatoms. The van der Waals surface area contributed by atoms with Crippen LogP contribution < -0.4 is 10.6 Å². The Bertz CT molecular complexity index is 894. The van der Waals surface area contributed by atoms with Gasteiger partial charge in [-0.05, 0) is 42.0 Å². The Labute approximate surface area is 165 Å². The lowest BCUT2D eigenvalue weighted by Gasteiger charge is -2.08. The first-order valence-electron chi connectivity index (χ1n) is 7.63. The normalized spacial score (nSPS) is 10.6. The first-order valence-corrected chi connectivity index (χ1v) is 8.79. The third-order valence-electron chi connectivity index (χ3n) is 3.51. The van der Waals surface area contributed by atoms with Crippen molar-refractivity contribution in [1.82, 2.24) is 20.1 Å². The van der Waals surface area contributed by atoms with Crippen molar-refractivity contribution in [2.45, 2.75) is 13.1 Å². The van der Waals surface area contributed by atoms with Crippen LogP contribution in [0.1, 0.15) is 11.1 Å². The molecule has 5 nitrogen and oxygen atoms in total. The van der Waals surface area contributed by atoms with Gasteiger partial charge in [-0.1, -0.05) is 41.4 Å². The third-order valence-corrected chi connectivity index (χ3v) is 4.46. The maximum atomic E-state index is 12.9. The van der Waals surface area contributed by atoms with E-state index in [2.05, 4.69) is 20.7 Å². The molecule has 0 amide bonds. The highest BCUT2D eigenvalue weighted by atomic mass is 35.5. The van der Waals surface area contributed by atoms with E-state index in [1.54, 1.807) is 41.3 Å². The van der Waals surface area contributed by atoms with E-state index in [1.165, 1.54) is 12.1 Å². The fraction of sp³-hybridized carbons (Fsp3) is 0.118. The van der Waals surface area contributed by atoms with Crippen LogP contribution in [-0.2, 0) is 13.1 Å². The van der Waals surface area contributed by atoms with Crippen LogP contribution in [0.25, 0.3) is 0 Å². The van der Waals surface area contributed by atoms with Crippen molar-refractivity contribution in [1.29, 1.82) is 0 Å². The molecule has 3 rings (SSSR count). The Kier molecular flexibility index (Phi) is 6.03. The van der Waals surface area contributed by atoms with Crippen LogP contribution in [0.2, 0.25) is 10.0 Å². The van der Waals surface area contributed by atoms with E-state index < -0.39 is 0 Å². The Hall–Kier alpha value is -2.22. The van der Waals surface area contributed by atoms with E-state index in [0.29, 0.717) is 34.2 Å². The lowest BCUT2D eigenvalue weighted by molar-refractivity contribution is 0.627. The summed E-state index contributed by atoms with van der Waals surface area (Å²) in [7, 11) is 0. The molecule has 0 spiro atoms. The van der Waals surface area contributed by atoms with Gasteiger partial charge in [0.25, 0.3) is 0 Å². The number of aromatic nitrogens is 3. The average Bonchev–Trinajstić information content (AvgIpc) is 3.05. The van der Waals surface area contributed by atoms with Crippen LogP contribution in [0.4, 0.5) is 10.3 Å². The smallest absolute Gasteiger partial charge is 0.248 e. The van der Waals surface area contributed by atoms with Crippen LogP contribution in [0.5, 0.6) is 0 Å². The summed E-state index contributed by atoms with van der Waals surface area (Å²) >= 11 is 17.5. The Balaban J connectivity index is 1.56. The molecule has 26 heavy (non-hydrogen) atoms. The van der Waals surface area contributed by atoms with E-state index in [0.717, 1.165) is 11.1 Å². The lowest BCUT2D eigenvalue weighted by atomic mass is 10.2. The molecule has 0 aliphatic carbocycles. The number of anilines is 1. The van der Waals surface area contributed by atoms with E-state index in [9.17, 15) is 4.39 Å². The molecule has 1 heterocycles. The number of hydrogen-bond acceptors (Lipinski definition) is 3. The highest BCUT2D eigenvalue weighted by Gasteiger charge is 2.09. The van der Waals surface area contributed by atoms with E-state index in [4.69, 9.17) is 35.4 Å². The predicted octanol–water partition coefficient (Wildman–Crippen LogP) is 4.26. The van der Waals surface area contributed by atoms with Crippen molar-refractivity contribution in [3.8, 4) is 0 Å². The molecule has 0 saturated heterocycles. The zero-order chi connectivity index (χ0) is 18.5. The summed E-state index contributed by atoms with van der Waals surface area (Å²) in [6.45, 7) is 0.852. The number of halogens is 3. The summed E-state index contributed by atoms with van der Waals surface area (Å²) in [5.74, 6) is 0.0765. The van der Waals surface area contributed by atoms with Crippen molar-refractivity contribution in [3.05, 3.63) is 75.8 Å². The van der Waals surface area contributed by atoms with Gasteiger partial charge in [0.15, 0.2) is 5.11 Å². The minimum Gasteiger partial charge on any atom is -0.358 e. The summed E-state index contributed by atoms with van der Waals surface area (Å²) in [4.78, 5) is 4.16. The highest BCUT2D eigenvalue weighted by molar-refractivity contribution is 7.80. The molecule has 0 aliphatic rings. The molecular formula is C17H14Cl2FN5S. The zero-order valence-electron chi connectivity index (χ0n) is 13.4. The molecule has 0 radical (unpaired) electrons. The molecule has 0 saturated carbocycles. The van der Waals surface area contributed by atoms with Gasteiger partial charge in [-0.3, -0.25) is 5.32 Å². The lowest BCUT2D eigenvalue weighted by Crippen LogP contribution is -2.28. The molecule has 3 aromatic rings. The molecule has 1 aromatic heterocycles. The van der Waals surface area contributed by atoms with Crippen LogP contribution in [0.15, 0.2) is 48.8 Å². The van der Waals surface area contributed by atoms with Gasteiger partial charge in [-0.15, -0.1) is 5.10 Å². The molecule has 0 atom stereocenters. The van der Waals surface area contributed by atoms with E-state index >= 15 is 0 Å². The van der Waals surface area contributed by atoms with Gasteiger partial charge in [0, 0.05) is 22.2 Å². The minimum atomic E-state index is -0.275.